The van der Waals surface area contributed by atoms with Gasteiger partial charge in [0, 0.05) is 44.1 Å². The molecule has 10 aromatic rings. The third-order valence-electron chi connectivity index (χ3n) is 12.1. The van der Waals surface area contributed by atoms with Gasteiger partial charge in [-0.15, -0.1) is 11.3 Å². The van der Waals surface area contributed by atoms with Crippen molar-refractivity contribution in [2.24, 2.45) is 5.92 Å². The molecule has 1 aliphatic carbocycles. The molecule has 286 valence electrons. The number of hydrogen-bond acceptors (Lipinski definition) is 2. The van der Waals surface area contributed by atoms with Crippen molar-refractivity contribution in [3.63, 3.8) is 0 Å². The largest absolute Gasteiger partial charge is 0.310 e. The Kier molecular flexibility index (Phi) is 9.10. The summed E-state index contributed by atoms with van der Waals surface area (Å²) in [4.78, 5) is 2.38. The summed E-state index contributed by atoms with van der Waals surface area (Å²) >= 11 is 1.90. The van der Waals surface area contributed by atoms with Gasteiger partial charge in [0.05, 0.1) is 15.7 Å². The molecule has 0 fully saturated rings. The number of thiophene rings is 1. The summed E-state index contributed by atoms with van der Waals surface area (Å²) in [6.45, 7) is 2.29. The minimum absolute atomic E-state index is 0.416. The molecule has 0 spiro atoms. The van der Waals surface area contributed by atoms with E-state index in [2.05, 4.69) is 241 Å². The summed E-state index contributed by atoms with van der Waals surface area (Å²) in [5.41, 5.74) is 15.7. The van der Waals surface area contributed by atoms with E-state index in [0.29, 0.717) is 11.8 Å². The standard InChI is InChI=1S/C57H42N2S/c1-39-14-8-9-21-50(39)43-28-26-41(27-29-43)42-30-34-47(35-31-42)58(49-20-12-17-45(38-49)40-15-4-2-5-16-40)48-36-32-44(33-37-48)51-23-13-24-53-55-57(60-56(51)53)52-22-10-11-25-54(52)59(55)46-18-6-3-7-19-46/h2-39,50H,1H3. The average molecular weight is 787 g/mol. The first-order chi connectivity index (χ1) is 29.7. The van der Waals surface area contributed by atoms with E-state index in [1.54, 1.807) is 0 Å². The molecular formula is C57H42N2S. The second-order valence-electron chi connectivity index (χ2n) is 15.8. The van der Waals surface area contributed by atoms with Crippen LogP contribution in [-0.4, -0.2) is 4.57 Å². The summed E-state index contributed by atoms with van der Waals surface area (Å²) in [6, 6.07) is 73.1. The summed E-state index contributed by atoms with van der Waals surface area (Å²) < 4.78 is 5.07. The molecule has 2 nitrogen and oxygen atoms in total. The van der Waals surface area contributed by atoms with Crippen LogP contribution in [0.2, 0.25) is 0 Å². The van der Waals surface area contributed by atoms with Crippen LogP contribution in [-0.2, 0) is 0 Å². The molecule has 0 amide bonds. The molecule has 60 heavy (non-hydrogen) atoms. The number of hydrogen-bond donors (Lipinski definition) is 0. The zero-order chi connectivity index (χ0) is 40.0. The lowest BCUT2D eigenvalue weighted by atomic mass is 9.84. The molecule has 0 saturated heterocycles. The average Bonchev–Trinajstić information content (AvgIpc) is 3.86. The van der Waals surface area contributed by atoms with Crippen LogP contribution in [0.15, 0.2) is 224 Å². The van der Waals surface area contributed by atoms with E-state index in [-0.39, 0.29) is 0 Å². The minimum Gasteiger partial charge on any atom is -0.310 e. The van der Waals surface area contributed by atoms with Crippen LogP contribution in [0.1, 0.15) is 18.4 Å². The van der Waals surface area contributed by atoms with Crippen LogP contribution in [0, 0.1) is 5.92 Å². The smallest absolute Gasteiger partial charge is 0.0727 e. The molecule has 1 aliphatic rings. The molecule has 2 unspecified atom stereocenters. The lowest BCUT2D eigenvalue weighted by molar-refractivity contribution is 0.635. The number of benzene rings is 8. The third kappa shape index (κ3) is 6.36. The maximum absolute atomic E-state index is 2.44. The first kappa shape index (κ1) is 35.9. The van der Waals surface area contributed by atoms with Gasteiger partial charge in [-0.05, 0) is 99.5 Å². The highest BCUT2D eigenvalue weighted by Crippen LogP contribution is 2.46. The van der Waals surface area contributed by atoms with Gasteiger partial charge in [0.25, 0.3) is 0 Å². The molecule has 8 aromatic carbocycles. The van der Waals surface area contributed by atoms with Crippen LogP contribution < -0.4 is 4.90 Å². The third-order valence-corrected chi connectivity index (χ3v) is 13.4. The fraction of sp³-hybridized carbons (Fsp3) is 0.0526. The van der Waals surface area contributed by atoms with Crippen molar-refractivity contribution in [2.45, 2.75) is 12.8 Å². The minimum atomic E-state index is 0.416. The van der Waals surface area contributed by atoms with Gasteiger partial charge in [-0.2, -0.15) is 0 Å². The molecule has 3 heteroatoms. The summed E-state index contributed by atoms with van der Waals surface area (Å²) in [5, 5.41) is 2.57. The SMILES string of the molecule is CC1C=CC=CC1c1ccc(-c2ccc(N(c3ccc(-c4cccc5c4sc4c6ccccc6n(-c6ccccc6)c54)cc3)c3cccc(-c4ccccc4)c3)cc2)cc1. The van der Waals surface area contributed by atoms with Gasteiger partial charge in [-0.1, -0.05) is 177 Å². The summed E-state index contributed by atoms with van der Waals surface area (Å²) in [7, 11) is 0. The monoisotopic (exact) mass is 786 g/mol. The number of anilines is 3. The van der Waals surface area contributed by atoms with E-state index >= 15 is 0 Å². The molecular weight excluding hydrogens is 745 g/mol. The van der Waals surface area contributed by atoms with Gasteiger partial charge in [0.2, 0.25) is 0 Å². The van der Waals surface area contributed by atoms with Crippen molar-refractivity contribution >= 4 is 59.6 Å². The molecule has 0 bridgehead atoms. The Hall–Kier alpha value is -7.20. The molecule has 0 aliphatic heterocycles. The van der Waals surface area contributed by atoms with E-state index in [9.17, 15) is 0 Å². The predicted molar refractivity (Wildman–Crippen MR) is 257 cm³/mol. The molecule has 11 rings (SSSR count). The Morgan fingerprint density at radius 2 is 1.03 bits per heavy atom. The fourth-order valence-electron chi connectivity index (χ4n) is 9.09. The van der Waals surface area contributed by atoms with Gasteiger partial charge < -0.3 is 9.47 Å². The van der Waals surface area contributed by atoms with Crippen LogP contribution >= 0.6 is 11.3 Å². The first-order valence-electron chi connectivity index (χ1n) is 20.8. The second-order valence-corrected chi connectivity index (χ2v) is 16.8. The quantitative estimate of drug-likeness (QED) is 0.149. The van der Waals surface area contributed by atoms with Crippen LogP contribution in [0.25, 0.3) is 70.3 Å². The zero-order valence-corrected chi connectivity index (χ0v) is 34.1. The van der Waals surface area contributed by atoms with E-state index in [1.165, 1.54) is 75.8 Å². The Morgan fingerprint density at radius 3 is 1.77 bits per heavy atom. The normalized spacial score (nSPS) is 14.9. The van der Waals surface area contributed by atoms with Crippen LogP contribution in [0.4, 0.5) is 17.1 Å². The van der Waals surface area contributed by atoms with Crippen molar-refractivity contribution in [3.05, 3.63) is 230 Å². The highest BCUT2D eigenvalue weighted by molar-refractivity contribution is 7.27. The number of para-hydroxylation sites is 2. The molecule has 2 heterocycles. The highest BCUT2D eigenvalue weighted by Gasteiger charge is 2.21. The van der Waals surface area contributed by atoms with E-state index < -0.39 is 0 Å². The topological polar surface area (TPSA) is 8.17 Å². The van der Waals surface area contributed by atoms with Crippen LogP contribution in [0.3, 0.4) is 0 Å². The summed E-state index contributed by atoms with van der Waals surface area (Å²) in [5.74, 6) is 0.911. The lowest BCUT2D eigenvalue weighted by Crippen LogP contribution is -2.10. The van der Waals surface area contributed by atoms with Crippen molar-refractivity contribution < 1.29 is 0 Å². The number of allylic oxidation sites excluding steroid dienone is 4. The Morgan fingerprint density at radius 1 is 0.450 bits per heavy atom. The van der Waals surface area contributed by atoms with Crippen molar-refractivity contribution in [3.8, 4) is 39.1 Å². The number of fused-ring (bicyclic) bond motifs is 5. The van der Waals surface area contributed by atoms with Crippen LogP contribution in [0.5, 0.6) is 0 Å². The molecule has 2 atom stereocenters. The number of rotatable bonds is 8. The number of nitrogens with zero attached hydrogens (tertiary/aromatic N) is 2. The molecule has 0 radical (unpaired) electrons. The summed E-state index contributed by atoms with van der Waals surface area (Å²) in [6.07, 6.45) is 8.93. The van der Waals surface area contributed by atoms with E-state index in [4.69, 9.17) is 0 Å². The Bertz CT molecular complexity index is 3190. The van der Waals surface area contributed by atoms with Gasteiger partial charge in [0.1, 0.15) is 0 Å². The van der Waals surface area contributed by atoms with Crippen molar-refractivity contribution in [1.82, 2.24) is 4.57 Å². The maximum Gasteiger partial charge on any atom is 0.0727 e. The molecule has 0 N–H and O–H groups in total. The van der Waals surface area contributed by atoms with Crippen molar-refractivity contribution in [2.75, 3.05) is 4.90 Å². The van der Waals surface area contributed by atoms with E-state index in [0.717, 1.165) is 17.1 Å². The molecule has 2 aromatic heterocycles. The van der Waals surface area contributed by atoms with Crippen molar-refractivity contribution in [1.29, 1.82) is 0 Å². The Balaban J connectivity index is 0.979. The number of aromatic nitrogens is 1. The maximum atomic E-state index is 2.44. The molecule has 0 saturated carbocycles. The van der Waals surface area contributed by atoms with Gasteiger partial charge in [-0.3, -0.25) is 0 Å². The van der Waals surface area contributed by atoms with Gasteiger partial charge in [-0.25, -0.2) is 0 Å². The highest BCUT2D eigenvalue weighted by atomic mass is 32.1. The predicted octanol–water partition coefficient (Wildman–Crippen LogP) is 16.3. The first-order valence-corrected chi connectivity index (χ1v) is 21.6. The van der Waals surface area contributed by atoms with Gasteiger partial charge >= 0.3 is 0 Å². The fourth-order valence-corrected chi connectivity index (χ4v) is 10.4. The zero-order valence-electron chi connectivity index (χ0n) is 33.3. The lowest BCUT2D eigenvalue weighted by Gasteiger charge is -2.26. The Labute approximate surface area is 355 Å². The second kappa shape index (κ2) is 15.2. The van der Waals surface area contributed by atoms with Gasteiger partial charge in [0.15, 0.2) is 0 Å². The van der Waals surface area contributed by atoms with E-state index in [1.807, 2.05) is 11.3 Å².